The number of fused-ring (bicyclic) bond motifs is 3. The van der Waals surface area contributed by atoms with Gasteiger partial charge in [-0.05, 0) is 69.0 Å². The van der Waals surface area contributed by atoms with Gasteiger partial charge in [-0.2, -0.15) is 0 Å². The van der Waals surface area contributed by atoms with Crippen molar-refractivity contribution in [3.63, 3.8) is 0 Å². The third-order valence-electron chi connectivity index (χ3n) is 9.38. The highest BCUT2D eigenvalue weighted by Crippen LogP contribution is 2.71. The highest BCUT2D eigenvalue weighted by atomic mass is 16.5. The summed E-state index contributed by atoms with van der Waals surface area (Å²) in [5.41, 5.74) is 2.85. The minimum Gasteiger partial charge on any atom is -0.504 e. The number of ether oxygens (including phenoxy) is 1. The number of aromatic hydroxyl groups is 1. The molecule has 28 heavy (non-hydrogen) atoms. The number of rotatable bonds is 3. The summed E-state index contributed by atoms with van der Waals surface area (Å²) in [6.45, 7) is 3.23. The molecule has 1 N–H and O–H groups in total. The van der Waals surface area contributed by atoms with Crippen LogP contribution in [0, 0.1) is 11.3 Å². The number of nitrogens with zero attached hydrogens (tertiary/aromatic N) is 2. The molecular weight excluding hydrogens is 352 g/mol. The van der Waals surface area contributed by atoms with E-state index in [9.17, 15) is 9.90 Å². The second-order valence-electron chi connectivity index (χ2n) is 10.2. The van der Waals surface area contributed by atoms with Gasteiger partial charge in [0, 0.05) is 35.5 Å². The van der Waals surface area contributed by atoms with Crippen LogP contribution >= 0.6 is 0 Å². The Hall–Kier alpha value is -1.75. The molecule has 8 rings (SSSR count). The van der Waals surface area contributed by atoms with Gasteiger partial charge < -0.3 is 14.7 Å². The van der Waals surface area contributed by atoms with E-state index in [2.05, 4.69) is 11.0 Å². The lowest BCUT2D eigenvalue weighted by Crippen LogP contribution is -2.72. The first kappa shape index (κ1) is 16.1. The molecule has 4 heterocycles. The van der Waals surface area contributed by atoms with Crippen LogP contribution in [0.4, 0.5) is 0 Å². The molecule has 148 valence electrons. The lowest BCUT2D eigenvalue weighted by Gasteiger charge is -2.65. The Kier molecular flexibility index (Phi) is 2.90. The first-order chi connectivity index (χ1) is 13.7. The zero-order chi connectivity index (χ0) is 18.7. The molecule has 4 bridgehead atoms. The van der Waals surface area contributed by atoms with Crippen molar-refractivity contribution in [3.8, 4) is 11.5 Å². The lowest BCUT2D eigenvalue weighted by molar-refractivity contribution is -0.136. The number of piperidine rings is 1. The molecule has 7 aliphatic rings. The van der Waals surface area contributed by atoms with Gasteiger partial charge >= 0.3 is 0 Å². The van der Waals surface area contributed by atoms with E-state index in [1.165, 1.54) is 36.9 Å². The van der Waals surface area contributed by atoms with Crippen molar-refractivity contribution in [2.24, 2.45) is 11.3 Å². The second kappa shape index (κ2) is 5.05. The minimum atomic E-state index is -0.0277. The predicted octanol–water partition coefficient (Wildman–Crippen LogP) is 2.44. The van der Waals surface area contributed by atoms with Gasteiger partial charge in [0.25, 0.3) is 0 Å². The van der Waals surface area contributed by atoms with Crippen LogP contribution in [0.5, 0.6) is 11.5 Å². The van der Waals surface area contributed by atoms with Gasteiger partial charge in [0.15, 0.2) is 11.5 Å². The van der Waals surface area contributed by atoms with Crippen molar-refractivity contribution in [1.29, 1.82) is 0 Å². The van der Waals surface area contributed by atoms with Crippen molar-refractivity contribution in [1.82, 2.24) is 9.80 Å². The van der Waals surface area contributed by atoms with E-state index in [1.54, 1.807) is 0 Å². The maximum Gasteiger partial charge on any atom is 0.210 e. The van der Waals surface area contributed by atoms with Crippen molar-refractivity contribution in [3.05, 3.63) is 23.3 Å². The molecule has 5 nitrogen and oxygen atoms in total. The van der Waals surface area contributed by atoms with E-state index in [1.807, 2.05) is 11.0 Å². The average molecular weight is 380 g/mol. The molecule has 2 spiro atoms. The van der Waals surface area contributed by atoms with E-state index in [-0.39, 0.29) is 28.7 Å². The van der Waals surface area contributed by atoms with Crippen molar-refractivity contribution < 1.29 is 14.6 Å². The molecule has 5 fully saturated rings. The van der Waals surface area contributed by atoms with Crippen molar-refractivity contribution >= 4 is 6.41 Å². The number of likely N-dealkylation sites (tertiary alicyclic amines) is 1. The molecule has 1 aromatic rings. The minimum absolute atomic E-state index is 0.00174. The first-order valence-electron chi connectivity index (χ1n) is 11.1. The van der Waals surface area contributed by atoms with Crippen LogP contribution < -0.4 is 4.74 Å². The molecule has 0 aromatic heterocycles. The van der Waals surface area contributed by atoms with Gasteiger partial charge in [0.05, 0.1) is 6.04 Å². The van der Waals surface area contributed by atoms with Crippen LogP contribution in [-0.4, -0.2) is 59.1 Å². The van der Waals surface area contributed by atoms with E-state index >= 15 is 0 Å². The molecular formula is C23H28N2O3. The Balaban J connectivity index is 1.48. The summed E-state index contributed by atoms with van der Waals surface area (Å²) in [7, 11) is 0. The number of hydrogen-bond acceptors (Lipinski definition) is 4. The van der Waals surface area contributed by atoms with Gasteiger partial charge in [0.2, 0.25) is 6.41 Å². The van der Waals surface area contributed by atoms with Gasteiger partial charge in [-0.15, -0.1) is 0 Å². The monoisotopic (exact) mass is 380 g/mol. The Morgan fingerprint density at radius 2 is 2.07 bits per heavy atom. The fraction of sp³-hybridized carbons (Fsp3) is 0.696. The zero-order valence-corrected chi connectivity index (χ0v) is 16.3. The van der Waals surface area contributed by atoms with E-state index in [0.717, 1.165) is 56.9 Å². The van der Waals surface area contributed by atoms with Gasteiger partial charge in [-0.25, -0.2) is 0 Å². The summed E-state index contributed by atoms with van der Waals surface area (Å²) in [6, 6.07) is 4.66. The maximum absolute atomic E-state index is 12.0. The van der Waals surface area contributed by atoms with Crippen LogP contribution in [0.3, 0.4) is 0 Å². The third kappa shape index (κ3) is 1.65. The smallest absolute Gasteiger partial charge is 0.210 e. The molecule has 0 radical (unpaired) electrons. The summed E-state index contributed by atoms with van der Waals surface area (Å²) in [4.78, 5) is 16.8. The zero-order valence-electron chi connectivity index (χ0n) is 16.3. The molecule has 5 heteroatoms. The molecule has 5 atom stereocenters. The predicted molar refractivity (Wildman–Crippen MR) is 103 cm³/mol. The third-order valence-corrected chi connectivity index (χ3v) is 9.38. The highest BCUT2D eigenvalue weighted by molar-refractivity contribution is 5.63. The number of benzene rings is 1. The molecule has 1 amide bonds. The van der Waals surface area contributed by atoms with Crippen molar-refractivity contribution in [2.75, 3.05) is 19.6 Å². The summed E-state index contributed by atoms with van der Waals surface area (Å²) in [6.07, 6.45) is 9.30. The SMILES string of the molecule is O=CN1CC[C@@]23CC[C@@H]1[C@@H]1Oc4c(O)ccc5c4[C@@]12CCN(CC1CC1)[C@@H]3C5. The number of carbonyl (C=O) groups excluding carboxylic acids is 1. The Labute approximate surface area is 165 Å². The van der Waals surface area contributed by atoms with E-state index in [4.69, 9.17) is 4.74 Å². The summed E-state index contributed by atoms with van der Waals surface area (Å²) in [5.74, 6) is 1.92. The van der Waals surface area contributed by atoms with Crippen LogP contribution in [0.15, 0.2) is 12.1 Å². The summed E-state index contributed by atoms with van der Waals surface area (Å²) < 4.78 is 6.61. The first-order valence-corrected chi connectivity index (χ1v) is 11.1. The summed E-state index contributed by atoms with van der Waals surface area (Å²) in [5, 5.41) is 10.7. The van der Waals surface area contributed by atoms with E-state index in [0.29, 0.717) is 6.04 Å². The van der Waals surface area contributed by atoms with Gasteiger partial charge in [-0.3, -0.25) is 9.69 Å². The maximum atomic E-state index is 12.0. The standard InChI is InChI=1S/C23H28N2O3/c26-13-25-9-7-22-6-5-16(25)21-23(22)8-10-24(12-14-1-2-14)18(22)11-15-3-4-17(27)20(28-21)19(15)23/h3-4,13-14,16,18,21,27H,1-2,5-12H2/t16-,18-,21+,22-,23+/m1/s1. The Morgan fingerprint density at radius 3 is 2.89 bits per heavy atom. The lowest BCUT2D eigenvalue weighted by atomic mass is 9.42. The average Bonchev–Trinajstić information content (AvgIpc) is 3.48. The molecule has 4 aliphatic heterocycles. The fourth-order valence-corrected chi connectivity index (χ4v) is 8.15. The fourth-order valence-electron chi connectivity index (χ4n) is 8.15. The number of phenols is 1. The van der Waals surface area contributed by atoms with Crippen LogP contribution in [0.2, 0.25) is 0 Å². The highest BCUT2D eigenvalue weighted by Gasteiger charge is 2.74. The van der Waals surface area contributed by atoms with Crippen LogP contribution in [0.25, 0.3) is 0 Å². The number of amides is 1. The van der Waals surface area contributed by atoms with Crippen LogP contribution in [0.1, 0.15) is 49.7 Å². The Morgan fingerprint density at radius 1 is 1.18 bits per heavy atom. The second-order valence-corrected chi connectivity index (χ2v) is 10.2. The summed E-state index contributed by atoms with van der Waals surface area (Å²) >= 11 is 0. The molecule has 0 unspecified atom stereocenters. The van der Waals surface area contributed by atoms with Gasteiger partial charge in [-0.1, -0.05) is 6.07 Å². The molecule has 3 aliphatic carbocycles. The molecule has 2 saturated carbocycles. The van der Waals surface area contributed by atoms with Gasteiger partial charge in [0.1, 0.15) is 6.10 Å². The normalized spacial score (nSPS) is 42.7. The van der Waals surface area contributed by atoms with Crippen molar-refractivity contribution in [2.45, 2.75) is 68.5 Å². The topological polar surface area (TPSA) is 53.0 Å². The largest absolute Gasteiger partial charge is 0.504 e. The molecule has 1 aromatic carbocycles. The number of hydrogen-bond donors (Lipinski definition) is 1. The van der Waals surface area contributed by atoms with Crippen LogP contribution in [-0.2, 0) is 16.6 Å². The van der Waals surface area contributed by atoms with E-state index < -0.39 is 0 Å². The quantitative estimate of drug-likeness (QED) is 0.819. The number of phenolic OH excluding ortho intramolecular Hbond substituents is 1. The number of carbonyl (C=O) groups is 1. The Bertz CT molecular complexity index is 883. The molecule has 3 saturated heterocycles.